The van der Waals surface area contributed by atoms with Gasteiger partial charge in [-0.3, -0.25) is 10.1 Å². The van der Waals surface area contributed by atoms with Gasteiger partial charge >= 0.3 is 0 Å². The molecule has 0 saturated carbocycles. The molecule has 2 aromatic carbocycles. The maximum Gasteiger partial charge on any atom is 0.257 e. The Morgan fingerprint density at radius 1 is 1.18 bits per heavy atom. The van der Waals surface area contributed by atoms with Crippen LogP contribution in [0.5, 0.6) is 5.75 Å². The third-order valence-corrected chi connectivity index (χ3v) is 3.22. The summed E-state index contributed by atoms with van der Waals surface area (Å²) in [6, 6.07) is 12.4. The van der Waals surface area contributed by atoms with E-state index in [1.807, 2.05) is 19.1 Å². The number of rotatable bonds is 3. The third kappa shape index (κ3) is 3.95. The van der Waals surface area contributed by atoms with Gasteiger partial charge in [-0.1, -0.05) is 17.7 Å². The van der Waals surface area contributed by atoms with Crippen molar-refractivity contribution in [3.8, 4) is 5.75 Å². The molecule has 0 aliphatic rings. The summed E-state index contributed by atoms with van der Waals surface area (Å²) in [5.41, 5.74) is 8.53. The number of hydrogen-bond acceptors (Lipinski definition) is 4. The fraction of sp³-hybridized carbons (Fsp3) is 0.125. The molecule has 4 N–H and O–H groups in total. The van der Waals surface area contributed by atoms with Crippen LogP contribution >= 0.6 is 12.2 Å². The minimum absolute atomic E-state index is 0.189. The minimum atomic E-state index is -0.271. The van der Waals surface area contributed by atoms with E-state index in [0.29, 0.717) is 22.7 Å². The fourth-order valence-electron chi connectivity index (χ4n) is 1.84. The van der Waals surface area contributed by atoms with Gasteiger partial charge in [0, 0.05) is 17.3 Å². The highest BCUT2D eigenvalue weighted by Gasteiger charge is 2.10. The molecule has 2 aromatic rings. The normalized spacial score (nSPS) is 9.91. The fourth-order valence-corrected chi connectivity index (χ4v) is 2.05. The highest BCUT2D eigenvalue weighted by atomic mass is 32.1. The van der Waals surface area contributed by atoms with Gasteiger partial charge in [0.1, 0.15) is 5.75 Å². The van der Waals surface area contributed by atoms with Crippen LogP contribution < -0.4 is 21.1 Å². The van der Waals surface area contributed by atoms with Crippen molar-refractivity contribution in [2.45, 2.75) is 6.92 Å². The first-order chi connectivity index (χ1) is 10.5. The summed E-state index contributed by atoms with van der Waals surface area (Å²) in [5, 5.41) is 5.73. The first-order valence-corrected chi connectivity index (χ1v) is 7.03. The van der Waals surface area contributed by atoms with E-state index in [4.69, 9.17) is 22.7 Å². The molecular formula is C16H17N3O2S. The number of nitrogen functional groups attached to an aromatic ring is 1. The van der Waals surface area contributed by atoms with E-state index in [1.165, 1.54) is 7.11 Å². The molecule has 0 aliphatic carbocycles. The van der Waals surface area contributed by atoms with Gasteiger partial charge in [-0.15, -0.1) is 0 Å². The van der Waals surface area contributed by atoms with Crippen molar-refractivity contribution in [2.24, 2.45) is 0 Å². The van der Waals surface area contributed by atoms with E-state index in [-0.39, 0.29) is 11.0 Å². The van der Waals surface area contributed by atoms with Crippen LogP contribution in [0.3, 0.4) is 0 Å². The predicted molar refractivity (Wildman–Crippen MR) is 92.3 cm³/mol. The number of carbonyl (C=O) groups is 1. The van der Waals surface area contributed by atoms with E-state index in [0.717, 1.165) is 5.56 Å². The second-order valence-corrected chi connectivity index (χ2v) is 5.14. The van der Waals surface area contributed by atoms with Crippen LogP contribution in [0.15, 0.2) is 42.5 Å². The Morgan fingerprint density at radius 2 is 1.86 bits per heavy atom. The molecule has 0 aliphatic heterocycles. The summed E-state index contributed by atoms with van der Waals surface area (Å²) in [6.07, 6.45) is 0. The van der Waals surface area contributed by atoms with Gasteiger partial charge < -0.3 is 15.8 Å². The summed E-state index contributed by atoms with van der Waals surface area (Å²) >= 11 is 5.15. The number of aryl methyl sites for hydroxylation is 1. The lowest BCUT2D eigenvalue weighted by atomic mass is 10.1. The molecule has 0 radical (unpaired) electrons. The molecule has 5 nitrogen and oxygen atoms in total. The number of methoxy groups -OCH3 is 1. The topological polar surface area (TPSA) is 76.4 Å². The average Bonchev–Trinajstić information content (AvgIpc) is 2.49. The zero-order valence-electron chi connectivity index (χ0n) is 12.3. The molecule has 22 heavy (non-hydrogen) atoms. The van der Waals surface area contributed by atoms with Crippen molar-refractivity contribution in [3.05, 3.63) is 53.6 Å². The monoisotopic (exact) mass is 315 g/mol. The van der Waals surface area contributed by atoms with Crippen molar-refractivity contribution in [1.82, 2.24) is 5.32 Å². The second-order valence-electron chi connectivity index (χ2n) is 4.73. The van der Waals surface area contributed by atoms with E-state index in [1.54, 1.807) is 30.3 Å². The molecule has 0 bridgehead atoms. The average molecular weight is 315 g/mol. The van der Waals surface area contributed by atoms with Crippen molar-refractivity contribution >= 4 is 34.6 Å². The number of nitrogens with one attached hydrogen (secondary N) is 2. The molecule has 0 fully saturated rings. The predicted octanol–water partition coefficient (Wildman–Crippen LogP) is 2.71. The maximum absolute atomic E-state index is 12.1. The van der Waals surface area contributed by atoms with Crippen molar-refractivity contribution in [2.75, 3.05) is 18.2 Å². The number of anilines is 2. The van der Waals surface area contributed by atoms with Crippen LogP contribution in [0, 0.1) is 6.92 Å². The Kier molecular flexibility index (Phi) is 4.95. The van der Waals surface area contributed by atoms with Crippen LogP contribution in [0.2, 0.25) is 0 Å². The smallest absolute Gasteiger partial charge is 0.257 e. The Hall–Kier alpha value is -2.60. The Morgan fingerprint density at radius 3 is 2.50 bits per heavy atom. The summed E-state index contributed by atoms with van der Waals surface area (Å²) in [4.78, 5) is 12.1. The minimum Gasteiger partial charge on any atom is -0.494 e. The van der Waals surface area contributed by atoms with Crippen LogP contribution in [0.25, 0.3) is 0 Å². The molecular weight excluding hydrogens is 298 g/mol. The summed E-state index contributed by atoms with van der Waals surface area (Å²) in [7, 11) is 1.54. The first kappa shape index (κ1) is 15.8. The molecule has 1 amide bonds. The molecule has 0 saturated heterocycles. The summed E-state index contributed by atoms with van der Waals surface area (Å²) in [6.45, 7) is 1.96. The third-order valence-electron chi connectivity index (χ3n) is 3.01. The zero-order valence-corrected chi connectivity index (χ0v) is 13.2. The molecule has 0 heterocycles. The Bertz CT molecular complexity index is 699. The quantitative estimate of drug-likeness (QED) is 0.600. The molecule has 0 atom stereocenters. The standard InChI is InChI=1S/C16H17N3O2S/c1-10-3-5-11(6-4-10)15(20)19-16(22)18-13-8-7-12(17)9-14(13)21-2/h3-9H,17H2,1-2H3,(H2,18,19,20,22). The van der Waals surface area contributed by atoms with Gasteiger partial charge in [0.15, 0.2) is 5.11 Å². The number of nitrogens with two attached hydrogens (primary N) is 1. The van der Waals surface area contributed by atoms with Crippen molar-refractivity contribution < 1.29 is 9.53 Å². The van der Waals surface area contributed by atoms with Gasteiger partial charge in [0.2, 0.25) is 0 Å². The summed E-state index contributed by atoms with van der Waals surface area (Å²) in [5.74, 6) is 0.277. The molecule has 6 heteroatoms. The van der Waals surface area contributed by atoms with Crippen molar-refractivity contribution in [3.63, 3.8) is 0 Å². The van der Waals surface area contributed by atoms with Gasteiger partial charge in [0.25, 0.3) is 5.91 Å². The summed E-state index contributed by atoms with van der Waals surface area (Å²) < 4.78 is 5.21. The van der Waals surface area contributed by atoms with E-state index in [2.05, 4.69) is 10.6 Å². The lowest BCUT2D eigenvalue weighted by Gasteiger charge is -2.13. The number of hydrogen-bond donors (Lipinski definition) is 3. The lowest BCUT2D eigenvalue weighted by molar-refractivity contribution is 0.0977. The number of amides is 1. The molecule has 0 unspecified atom stereocenters. The largest absolute Gasteiger partial charge is 0.494 e. The number of carbonyl (C=O) groups excluding carboxylic acids is 1. The SMILES string of the molecule is COc1cc(N)ccc1NC(=S)NC(=O)c1ccc(C)cc1. The number of ether oxygens (including phenoxy) is 1. The zero-order chi connectivity index (χ0) is 16.1. The Labute approximate surface area is 134 Å². The van der Waals surface area contributed by atoms with Gasteiger partial charge in [-0.25, -0.2) is 0 Å². The van der Waals surface area contributed by atoms with E-state index >= 15 is 0 Å². The van der Waals surface area contributed by atoms with E-state index < -0.39 is 0 Å². The van der Waals surface area contributed by atoms with Crippen LogP contribution in [-0.2, 0) is 0 Å². The highest BCUT2D eigenvalue weighted by molar-refractivity contribution is 7.80. The van der Waals surface area contributed by atoms with Gasteiger partial charge in [-0.05, 0) is 43.4 Å². The van der Waals surface area contributed by atoms with Gasteiger partial charge in [-0.2, -0.15) is 0 Å². The highest BCUT2D eigenvalue weighted by Crippen LogP contribution is 2.26. The van der Waals surface area contributed by atoms with Crippen LogP contribution in [0.4, 0.5) is 11.4 Å². The van der Waals surface area contributed by atoms with Crippen LogP contribution in [0.1, 0.15) is 15.9 Å². The molecule has 2 rings (SSSR count). The molecule has 0 aromatic heterocycles. The van der Waals surface area contributed by atoms with Gasteiger partial charge in [0.05, 0.1) is 12.8 Å². The van der Waals surface area contributed by atoms with E-state index in [9.17, 15) is 4.79 Å². The molecule has 0 spiro atoms. The first-order valence-electron chi connectivity index (χ1n) is 6.62. The maximum atomic E-state index is 12.1. The number of thiocarbonyl (C=S) groups is 1. The second kappa shape index (κ2) is 6.91. The van der Waals surface area contributed by atoms with Crippen LogP contribution in [-0.4, -0.2) is 18.1 Å². The number of benzene rings is 2. The van der Waals surface area contributed by atoms with Crippen molar-refractivity contribution in [1.29, 1.82) is 0 Å². The Balaban J connectivity index is 2.04. The lowest BCUT2D eigenvalue weighted by Crippen LogP contribution is -2.34. The molecule has 114 valence electrons.